The van der Waals surface area contributed by atoms with Gasteiger partial charge in [0.1, 0.15) is 18.5 Å². The standard InChI is InChI=1S/C25H29FN4O5/c1-17(31)27-12-21-14-30(25(33)35-21)20-7-8-23(22(26)11-20)29-10-9-19(13-29)28-24(32)16-34-15-18-5-3-2-4-6-18/h2-8,11,19,21H,9-10,12-16H2,1H3,(H,27,31)(H,28,32). The second-order valence-electron chi connectivity index (χ2n) is 8.67. The van der Waals surface area contributed by atoms with Gasteiger partial charge >= 0.3 is 6.09 Å². The molecule has 2 atom stereocenters. The topological polar surface area (TPSA) is 100 Å². The van der Waals surface area contributed by atoms with E-state index in [9.17, 15) is 18.8 Å². The molecule has 2 fully saturated rings. The van der Waals surface area contributed by atoms with Gasteiger partial charge in [-0.1, -0.05) is 30.3 Å². The van der Waals surface area contributed by atoms with Gasteiger partial charge in [-0.3, -0.25) is 14.5 Å². The number of nitrogens with one attached hydrogen (secondary N) is 2. The zero-order chi connectivity index (χ0) is 24.8. The number of anilines is 2. The highest BCUT2D eigenvalue weighted by molar-refractivity contribution is 5.90. The maximum atomic E-state index is 15.0. The first kappa shape index (κ1) is 24.5. The molecule has 2 aromatic rings. The summed E-state index contributed by atoms with van der Waals surface area (Å²) in [5.41, 5.74) is 1.80. The van der Waals surface area contributed by atoms with Crippen LogP contribution in [-0.2, 0) is 25.7 Å². The van der Waals surface area contributed by atoms with E-state index in [-0.39, 0.29) is 37.6 Å². The third-order valence-electron chi connectivity index (χ3n) is 5.93. The summed E-state index contributed by atoms with van der Waals surface area (Å²) in [6.07, 6.45) is -0.380. The van der Waals surface area contributed by atoms with Crippen LogP contribution in [0.4, 0.5) is 20.6 Å². The summed E-state index contributed by atoms with van der Waals surface area (Å²) in [5.74, 6) is -0.876. The van der Waals surface area contributed by atoms with E-state index in [4.69, 9.17) is 9.47 Å². The molecule has 2 aromatic carbocycles. The summed E-state index contributed by atoms with van der Waals surface area (Å²) >= 11 is 0. The zero-order valence-electron chi connectivity index (χ0n) is 19.5. The number of carbonyl (C=O) groups is 3. The first-order valence-electron chi connectivity index (χ1n) is 11.6. The van der Waals surface area contributed by atoms with Crippen LogP contribution in [0.25, 0.3) is 0 Å². The molecule has 2 heterocycles. The third-order valence-corrected chi connectivity index (χ3v) is 5.93. The fraction of sp³-hybridized carbons (Fsp3) is 0.400. The van der Waals surface area contributed by atoms with Crippen molar-refractivity contribution in [3.63, 3.8) is 0 Å². The van der Waals surface area contributed by atoms with Gasteiger partial charge in [0.2, 0.25) is 11.8 Å². The smallest absolute Gasteiger partial charge is 0.414 e. The molecule has 2 N–H and O–H groups in total. The molecule has 186 valence electrons. The van der Waals surface area contributed by atoms with E-state index in [0.717, 1.165) is 5.56 Å². The van der Waals surface area contributed by atoms with Gasteiger partial charge < -0.3 is 25.0 Å². The minimum atomic E-state index is -0.578. The average Bonchev–Trinajstić information content (AvgIpc) is 3.44. The van der Waals surface area contributed by atoms with Gasteiger partial charge in [0.15, 0.2) is 0 Å². The van der Waals surface area contributed by atoms with E-state index in [1.54, 1.807) is 12.1 Å². The molecule has 0 aliphatic carbocycles. The molecule has 2 saturated heterocycles. The number of carbonyl (C=O) groups excluding carboxylic acids is 3. The largest absolute Gasteiger partial charge is 0.442 e. The predicted molar refractivity (Wildman–Crippen MR) is 128 cm³/mol. The fourth-order valence-electron chi connectivity index (χ4n) is 4.22. The van der Waals surface area contributed by atoms with E-state index in [1.165, 1.54) is 17.9 Å². The summed E-state index contributed by atoms with van der Waals surface area (Å²) in [7, 11) is 0. The van der Waals surface area contributed by atoms with E-state index < -0.39 is 18.0 Å². The number of amides is 3. The molecule has 4 rings (SSSR count). The highest BCUT2D eigenvalue weighted by atomic mass is 19.1. The Kier molecular flexibility index (Phi) is 7.81. The van der Waals surface area contributed by atoms with Crippen molar-refractivity contribution < 1.29 is 28.2 Å². The Balaban J connectivity index is 1.26. The Labute approximate surface area is 203 Å². The first-order valence-corrected chi connectivity index (χ1v) is 11.6. The monoisotopic (exact) mass is 484 g/mol. The highest BCUT2D eigenvalue weighted by Crippen LogP contribution is 2.29. The van der Waals surface area contributed by atoms with Crippen LogP contribution in [0.3, 0.4) is 0 Å². The zero-order valence-corrected chi connectivity index (χ0v) is 19.5. The summed E-state index contributed by atoms with van der Waals surface area (Å²) in [4.78, 5) is 38.7. The average molecular weight is 485 g/mol. The van der Waals surface area contributed by atoms with Crippen LogP contribution in [0.15, 0.2) is 48.5 Å². The Morgan fingerprint density at radius 2 is 1.97 bits per heavy atom. The van der Waals surface area contributed by atoms with Gasteiger partial charge in [0.25, 0.3) is 0 Å². The summed E-state index contributed by atoms with van der Waals surface area (Å²) < 4.78 is 25.7. The molecule has 3 amide bonds. The molecule has 9 nitrogen and oxygen atoms in total. The molecular weight excluding hydrogens is 455 g/mol. The number of rotatable bonds is 9. The molecule has 0 radical (unpaired) electrons. The van der Waals surface area contributed by atoms with Crippen LogP contribution in [0, 0.1) is 5.82 Å². The number of hydrogen-bond donors (Lipinski definition) is 2. The number of hydrogen-bond acceptors (Lipinski definition) is 6. The number of cyclic esters (lactones) is 1. The van der Waals surface area contributed by atoms with Crippen LogP contribution in [0.5, 0.6) is 0 Å². The molecule has 0 bridgehead atoms. The van der Waals surface area contributed by atoms with E-state index in [0.29, 0.717) is 37.5 Å². The fourth-order valence-corrected chi connectivity index (χ4v) is 4.22. The summed E-state index contributed by atoms with van der Waals surface area (Å²) in [5, 5.41) is 5.56. The van der Waals surface area contributed by atoms with Crippen molar-refractivity contribution in [3.05, 3.63) is 59.9 Å². The van der Waals surface area contributed by atoms with Gasteiger partial charge in [-0.05, 0) is 30.2 Å². The lowest BCUT2D eigenvalue weighted by Crippen LogP contribution is -2.39. The second kappa shape index (κ2) is 11.2. The van der Waals surface area contributed by atoms with Gasteiger partial charge in [0, 0.05) is 26.1 Å². The Hall–Kier alpha value is -3.66. The molecule has 0 aromatic heterocycles. The molecule has 2 unspecified atom stereocenters. The molecule has 0 spiro atoms. The van der Waals surface area contributed by atoms with Crippen molar-refractivity contribution in [2.24, 2.45) is 0 Å². The maximum Gasteiger partial charge on any atom is 0.414 e. The van der Waals surface area contributed by atoms with Crippen molar-refractivity contribution in [1.29, 1.82) is 0 Å². The van der Waals surface area contributed by atoms with Crippen LogP contribution in [0.2, 0.25) is 0 Å². The normalized spacial score (nSPS) is 19.5. The van der Waals surface area contributed by atoms with Crippen LogP contribution in [-0.4, -0.2) is 62.8 Å². The Bertz CT molecular complexity index is 1070. The summed E-state index contributed by atoms with van der Waals surface area (Å²) in [6, 6.07) is 14.1. The number of benzene rings is 2. The van der Waals surface area contributed by atoms with E-state index in [1.807, 2.05) is 35.2 Å². The SMILES string of the molecule is CC(=O)NCC1CN(c2ccc(N3CCC(NC(=O)COCc4ccccc4)C3)c(F)c2)C(=O)O1. The van der Waals surface area contributed by atoms with E-state index in [2.05, 4.69) is 10.6 Å². The van der Waals surface area contributed by atoms with Crippen molar-refractivity contribution in [3.8, 4) is 0 Å². The minimum absolute atomic E-state index is 0.0384. The Morgan fingerprint density at radius 1 is 1.17 bits per heavy atom. The lowest BCUT2D eigenvalue weighted by molar-refractivity contribution is -0.126. The van der Waals surface area contributed by atoms with Crippen molar-refractivity contribution in [2.75, 3.05) is 42.6 Å². The van der Waals surface area contributed by atoms with Crippen molar-refractivity contribution in [2.45, 2.75) is 32.1 Å². The second-order valence-corrected chi connectivity index (χ2v) is 8.67. The lowest BCUT2D eigenvalue weighted by Gasteiger charge is -2.21. The van der Waals surface area contributed by atoms with Crippen LogP contribution in [0.1, 0.15) is 18.9 Å². The van der Waals surface area contributed by atoms with Gasteiger partial charge in [-0.25, -0.2) is 9.18 Å². The van der Waals surface area contributed by atoms with Gasteiger partial charge in [-0.2, -0.15) is 0 Å². The quantitative estimate of drug-likeness (QED) is 0.566. The first-order chi connectivity index (χ1) is 16.9. The third kappa shape index (κ3) is 6.48. The molecule has 10 heteroatoms. The lowest BCUT2D eigenvalue weighted by atomic mass is 10.2. The van der Waals surface area contributed by atoms with Gasteiger partial charge in [0.05, 0.1) is 31.1 Å². The number of halogens is 1. The molecule has 2 aliphatic rings. The van der Waals surface area contributed by atoms with Crippen molar-refractivity contribution in [1.82, 2.24) is 10.6 Å². The molecular formula is C25H29FN4O5. The maximum absolute atomic E-state index is 15.0. The van der Waals surface area contributed by atoms with Gasteiger partial charge in [-0.15, -0.1) is 0 Å². The number of nitrogens with zero attached hydrogens (tertiary/aromatic N) is 2. The summed E-state index contributed by atoms with van der Waals surface area (Å²) in [6.45, 7) is 3.21. The van der Waals surface area contributed by atoms with Crippen LogP contribution >= 0.6 is 0 Å². The van der Waals surface area contributed by atoms with E-state index >= 15 is 0 Å². The highest BCUT2D eigenvalue weighted by Gasteiger charge is 2.33. The Morgan fingerprint density at radius 3 is 2.71 bits per heavy atom. The molecule has 2 aliphatic heterocycles. The number of ether oxygens (including phenoxy) is 2. The minimum Gasteiger partial charge on any atom is -0.442 e. The van der Waals surface area contributed by atoms with Crippen LogP contribution < -0.4 is 20.4 Å². The molecule has 0 saturated carbocycles. The molecule has 35 heavy (non-hydrogen) atoms. The van der Waals surface area contributed by atoms with Crippen molar-refractivity contribution >= 4 is 29.3 Å². The predicted octanol–water partition coefficient (Wildman–Crippen LogP) is 2.20.